The van der Waals surface area contributed by atoms with E-state index in [-0.39, 0.29) is 21.6 Å². The molecule has 5 rings (SSSR count). The van der Waals surface area contributed by atoms with Crippen LogP contribution in [0.25, 0.3) is 33.1 Å². The van der Waals surface area contributed by atoms with Gasteiger partial charge in [-0.1, -0.05) is 29.3 Å². The summed E-state index contributed by atoms with van der Waals surface area (Å²) in [5.74, 6) is -1.01. The molecular weight excluding hydrogens is 491 g/mol. The molecule has 0 aliphatic carbocycles. The van der Waals surface area contributed by atoms with Crippen molar-refractivity contribution in [3.05, 3.63) is 89.1 Å². The molecule has 7 nitrogen and oxygen atoms in total. The summed E-state index contributed by atoms with van der Waals surface area (Å²) in [7, 11) is -2.57. The first-order valence-corrected chi connectivity index (χ1v) is 12.3. The molecule has 0 aliphatic heterocycles. The molecule has 3 aromatic heterocycles. The van der Waals surface area contributed by atoms with E-state index < -0.39 is 21.7 Å². The number of nitrogens with zero attached hydrogens (tertiary/aromatic N) is 3. The first kappa shape index (κ1) is 22.9. The van der Waals surface area contributed by atoms with E-state index in [9.17, 15) is 17.6 Å². The quantitative estimate of drug-likeness (QED) is 0.371. The Morgan fingerprint density at radius 3 is 2.51 bits per heavy atom. The fourth-order valence-electron chi connectivity index (χ4n) is 3.92. The van der Waals surface area contributed by atoms with Gasteiger partial charge in [-0.25, -0.2) is 21.8 Å². The van der Waals surface area contributed by atoms with Gasteiger partial charge in [0.2, 0.25) is 0 Å². The number of fused-ring (bicyclic) bond motifs is 2. The van der Waals surface area contributed by atoms with Gasteiger partial charge < -0.3 is 5.32 Å². The normalized spacial score (nSPS) is 11.8. The number of carbonyl (C=O) groups is 1. The second-order valence-electron chi connectivity index (χ2n) is 7.98. The standard InChI is InChI=1S/C25H18ClFN4O3S/c1-14-3-5-17(6-4-14)35(33,34)31-13-20(18-10-16(25(32)28-2)12-30-24(18)31)15-9-19-21(26)7-8-29-23(19)22(27)11-15/h3-13H,1-2H3,(H,28,32). The fraction of sp³-hybridized carbons (Fsp3) is 0.0800. The van der Waals surface area contributed by atoms with E-state index in [0.29, 0.717) is 26.9 Å². The molecule has 0 spiro atoms. The molecule has 10 heteroatoms. The molecule has 1 N–H and O–H groups in total. The monoisotopic (exact) mass is 508 g/mol. The lowest BCUT2D eigenvalue weighted by atomic mass is 10.0. The van der Waals surface area contributed by atoms with Crippen molar-refractivity contribution in [2.24, 2.45) is 0 Å². The van der Waals surface area contributed by atoms with Crippen LogP contribution in [0.2, 0.25) is 5.02 Å². The average molecular weight is 509 g/mol. The number of carbonyl (C=O) groups excluding carboxylic acids is 1. The van der Waals surface area contributed by atoms with Gasteiger partial charge >= 0.3 is 0 Å². The van der Waals surface area contributed by atoms with Crippen LogP contribution in [0.15, 0.2) is 72.0 Å². The van der Waals surface area contributed by atoms with Crippen molar-refractivity contribution < 1.29 is 17.6 Å². The summed E-state index contributed by atoms with van der Waals surface area (Å²) >= 11 is 6.29. The fourth-order valence-corrected chi connectivity index (χ4v) is 5.44. The van der Waals surface area contributed by atoms with Crippen LogP contribution in [0.4, 0.5) is 4.39 Å². The minimum Gasteiger partial charge on any atom is -0.355 e. The molecule has 35 heavy (non-hydrogen) atoms. The van der Waals surface area contributed by atoms with Crippen LogP contribution in [0.1, 0.15) is 15.9 Å². The molecule has 5 aromatic rings. The third kappa shape index (κ3) is 3.82. The Bertz CT molecular complexity index is 1750. The van der Waals surface area contributed by atoms with Crippen LogP contribution < -0.4 is 5.32 Å². The maximum atomic E-state index is 15.0. The van der Waals surface area contributed by atoms with Crippen LogP contribution in [-0.4, -0.2) is 35.3 Å². The lowest BCUT2D eigenvalue weighted by molar-refractivity contribution is 0.0963. The summed E-state index contributed by atoms with van der Waals surface area (Å²) in [5, 5.41) is 3.56. The van der Waals surface area contributed by atoms with Crippen molar-refractivity contribution in [3.8, 4) is 11.1 Å². The van der Waals surface area contributed by atoms with Crippen LogP contribution in [-0.2, 0) is 10.0 Å². The SMILES string of the molecule is CNC(=O)c1cnc2c(c1)c(-c1cc(F)c3nccc(Cl)c3c1)cn2S(=O)(=O)c1ccc(C)cc1. The number of rotatable bonds is 4. The van der Waals surface area contributed by atoms with Crippen molar-refractivity contribution >= 4 is 49.5 Å². The molecule has 176 valence electrons. The van der Waals surface area contributed by atoms with Gasteiger partial charge in [0.15, 0.2) is 5.65 Å². The Morgan fingerprint density at radius 2 is 1.80 bits per heavy atom. The summed E-state index contributed by atoms with van der Waals surface area (Å²) in [6.45, 7) is 1.86. The third-order valence-electron chi connectivity index (χ3n) is 5.74. The van der Waals surface area contributed by atoms with E-state index in [4.69, 9.17) is 11.6 Å². The summed E-state index contributed by atoms with van der Waals surface area (Å²) in [6.07, 6.45) is 4.09. The van der Waals surface area contributed by atoms with Crippen LogP contribution in [0.5, 0.6) is 0 Å². The number of halogens is 2. The van der Waals surface area contributed by atoms with E-state index in [2.05, 4.69) is 15.3 Å². The zero-order valence-electron chi connectivity index (χ0n) is 18.6. The minimum atomic E-state index is -4.05. The maximum absolute atomic E-state index is 15.0. The second kappa shape index (κ2) is 8.44. The van der Waals surface area contributed by atoms with E-state index in [1.54, 1.807) is 24.3 Å². The van der Waals surface area contributed by atoms with Gasteiger partial charge in [0, 0.05) is 42.0 Å². The zero-order valence-corrected chi connectivity index (χ0v) is 20.2. The summed E-state index contributed by atoms with van der Waals surface area (Å²) in [4.78, 5) is 20.7. The number of aromatic nitrogens is 3. The van der Waals surface area contributed by atoms with Gasteiger partial charge in [0.05, 0.1) is 15.5 Å². The predicted molar refractivity (Wildman–Crippen MR) is 133 cm³/mol. The number of nitrogens with one attached hydrogen (secondary N) is 1. The topological polar surface area (TPSA) is 93.9 Å². The molecule has 0 aliphatic rings. The highest BCUT2D eigenvalue weighted by Gasteiger charge is 2.24. The Kier molecular flexibility index (Phi) is 5.53. The largest absolute Gasteiger partial charge is 0.355 e. The van der Waals surface area contributed by atoms with Gasteiger partial charge in [-0.2, -0.15) is 0 Å². The van der Waals surface area contributed by atoms with Crippen molar-refractivity contribution in [3.63, 3.8) is 0 Å². The zero-order chi connectivity index (χ0) is 24.9. The van der Waals surface area contributed by atoms with Crippen molar-refractivity contribution in [2.75, 3.05) is 7.05 Å². The first-order chi connectivity index (χ1) is 16.7. The second-order valence-corrected chi connectivity index (χ2v) is 10.2. The van der Waals surface area contributed by atoms with E-state index in [1.165, 1.54) is 49.9 Å². The Labute approximate surface area is 205 Å². The number of amides is 1. The van der Waals surface area contributed by atoms with E-state index in [1.807, 2.05) is 6.92 Å². The molecule has 0 radical (unpaired) electrons. The average Bonchev–Trinajstić information content (AvgIpc) is 3.24. The Hall–Kier alpha value is -3.82. The number of hydrogen-bond acceptors (Lipinski definition) is 5. The van der Waals surface area contributed by atoms with Crippen LogP contribution >= 0.6 is 11.6 Å². The van der Waals surface area contributed by atoms with Crippen LogP contribution in [0.3, 0.4) is 0 Å². The lowest BCUT2D eigenvalue weighted by Gasteiger charge is -2.07. The molecule has 0 atom stereocenters. The maximum Gasteiger partial charge on any atom is 0.269 e. The van der Waals surface area contributed by atoms with Crippen LogP contribution in [0, 0.1) is 12.7 Å². The lowest BCUT2D eigenvalue weighted by Crippen LogP contribution is -2.18. The number of pyridine rings is 2. The highest BCUT2D eigenvalue weighted by molar-refractivity contribution is 7.90. The van der Waals surface area contributed by atoms with Gasteiger partial charge in [-0.15, -0.1) is 0 Å². The molecule has 2 aromatic carbocycles. The molecule has 1 amide bonds. The summed E-state index contributed by atoms with van der Waals surface area (Å²) in [6, 6.07) is 12.4. The molecule has 0 fully saturated rings. The smallest absolute Gasteiger partial charge is 0.269 e. The number of aryl methyl sites for hydroxylation is 1. The van der Waals surface area contributed by atoms with Gasteiger partial charge in [-0.3, -0.25) is 9.78 Å². The highest BCUT2D eigenvalue weighted by atomic mass is 35.5. The van der Waals surface area contributed by atoms with Gasteiger partial charge in [-0.05, 0) is 48.9 Å². The van der Waals surface area contributed by atoms with Gasteiger partial charge in [0.25, 0.3) is 15.9 Å². The molecule has 0 saturated heterocycles. The van der Waals surface area contributed by atoms with Crippen molar-refractivity contribution in [1.29, 1.82) is 0 Å². The highest BCUT2D eigenvalue weighted by Crippen LogP contribution is 2.36. The minimum absolute atomic E-state index is 0.0701. The first-order valence-electron chi connectivity index (χ1n) is 10.5. The summed E-state index contributed by atoms with van der Waals surface area (Å²) < 4.78 is 43.1. The van der Waals surface area contributed by atoms with Gasteiger partial charge in [0.1, 0.15) is 11.3 Å². The van der Waals surface area contributed by atoms with Crippen molar-refractivity contribution in [1.82, 2.24) is 19.3 Å². The molecular formula is C25H18ClFN4O3S. The Balaban J connectivity index is 1.83. The third-order valence-corrected chi connectivity index (χ3v) is 7.73. The van der Waals surface area contributed by atoms with Crippen molar-refractivity contribution in [2.45, 2.75) is 11.8 Å². The molecule has 0 saturated carbocycles. The molecule has 3 heterocycles. The molecule has 0 bridgehead atoms. The van der Waals surface area contributed by atoms with E-state index in [0.717, 1.165) is 9.54 Å². The number of benzene rings is 2. The molecule has 0 unspecified atom stereocenters. The summed E-state index contributed by atoms with van der Waals surface area (Å²) in [5.41, 5.74) is 2.07. The van der Waals surface area contributed by atoms with E-state index >= 15 is 0 Å². The Morgan fingerprint density at radius 1 is 1.06 bits per heavy atom. The number of hydrogen-bond donors (Lipinski definition) is 1. The predicted octanol–water partition coefficient (Wildman–Crippen LogP) is 4.95.